The fraction of sp³-hybridized carbons (Fsp3) is 0.373. The van der Waals surface area contributed by atoms with Crippen molar-refractivity contribution in [1.82, 2.24) is 0 Å². The van der Waals surface area contributed by atoms with Gasteiger partial charge in [-0.2, -0.15) is 0 Å². The van der Waals surface area contributed by atoms with Gasteiger partial charge in [-0.05, 0) is 188 Å². The first-order chi connectivity index (χ1) is 33.4. The minimum Gasteiger partial charge on any atom is -0.311 e. The van der Waals surface area contributed by atoms with Crippen molar-refractivity contribution in [1.29, 1.82) is 0 Å². The quantitative estimate of drug-likeness (QED) is 0.159. The van der Waals surface area contributed by atoms with E-state index in [0.717, 1.165) is 0 Å². The molecule has 0 saturated carbocycles. The molecule has 0 atom stereocenters. The van der Waals surface area contributed by atoms with E-state index < -0.39 is 0 Å². The molecule has 0 unspecified atom stereocenters. The summed E-state index contributed by atoms with van der Waals surface area (Å²) in [5.41, 5.74) is 27.8. The Labute approximate surface area is 428 Å². The Kier molecular flexibility index (Phi) is 9.15. The number of anilines is 6. The average Bonchev–Trinajstić information content (AvgIpc) is 3.70. The van der Waals surface area contributed by atoms with Gasteiger partial charge in [-0.15, -0.1) is 11.3 Å². The van der Waals surface area contributed by atoms with Crippen molar-refractivity contribution in [3.05, 3.63) is 170 Å². The lowest BCUT2D eigenvalue weighted by molar-refractivity contribution is 0.332. The van der Waals surface area contributed by atoms with Crippen LogP contribution in [0.15, 0.2) is 109 Å². The molecule has 4 heteroatoms. The molecule has 2 nitrogen and oxygen atoms in total. The number of thiophene rings is 1. The highest BCUT2D eigenvalue weighted by Gasteiger charge is 2.50. The number of rotatable bonds is 2. The Hall–Kier alpha value is -5.58. The SMILES string of the molecule is Cc1cc2c3c(c1)N(c1cc4c(cc1C)C(C)(C)CCC4(C)C)c1c(ccc4sc5ccccc5c14)B3c1cc3c(cc1N2c1cc2c(cc1C)C(C)(C)CCC2(C)C)C(C)(C)c1ccccc1C3(C)C. The highest BCUT2D eigenvalue weighted by molar-refractivity contribution is 7.26. The van der Waals surface area contributed by atoms with Gasteiger partial charge in [-0.1, -0.05) is 150 Å². The Bertz CT molecular complexity index is 3670. The van der Waals surface area contributed by atoms with Gasteiger partial charge in [0.15, 0.2) is 0 Å². The summed E-state index contributed by atoms with van der Waals surface area (Å²) in [6, 6.07) is 44.4. The van der Waals surface area contributed by atoms with Crippen LogP contribution in [0.5, 0.6) is 0 Å². The van der Waals surface area contributed by atoms with E-state index >= 15 is 0 Å². The highest BCUT2D eigenvalue weighted by atomic mass is 32.1. The molecule has 13 rings (SSSR count). The van der Waals surface area contributed by atoms with E-state index in [1.165, 1.54) is 158 Å². The second-order valence-electron chi connectivity index (χ2n) is 26.5. The van der Waals surface area contributed by atoms with Crippen LogP contribution in [0.1, 0.15) is 170 Å². The molecule has 8 aromatic rings. The zero-order valence-electron chi connectivity index (χ0n) is 45.1. The number of fused-ring (bicyclic) bond motifs is 12. The third-order valence-electron chi connectivity index (χ3n) is 19.3. The first-order valence-corrected chi connectivity index (χ1v) is 27.5. The molecule has 358 valence electrons. The summed E-state index contributed by atoms with van der Waals surface area (Å²) in [7, 11) is 0. The zero-order valence-corrected chi connectivity index (χ0v) is 45.9. The number of benzene rings is 7. The third-order valence-corrected chi connectivity index (χ3v) is 20.4. The molecule has 0 fully saturated rings. The number of aryl methyl sites for hydroxylation is 3. The molecule has 71 heavy (non-hydrogen) atoms. The van der Waals surface area contributed by atoms with Gasteiger partial charge in [0, 0.05) is 59.4 Å². The van der Waals surface area contributed by atoms with E-state index in [1.807, 2.05) is 11.3 Å². The molecule has 7 aromatic carbocycles. The van der Waals surface area contributed by atoms with E-state index in [2.05, 4.69) is 223 Å². The smallest absolute Gasteiger partial charge is 0.252 e. The maximum absolute atomic E-state index is 2.77. The van der Waals surface area contributed by atoms with Crippen molar-refractivity contribution in [3.63, 3.8) is 0 Å². The normalized spacial score (nSPS) is 19.8. The van der Waals surface area contributed by atoms with Crippen LogP contribution in [0.3, 0.4) is 0 Å². The van der Waals surface area contributed by atoms with Crippen LogP contribution in [-0.4, -0.2) is 6.71 Å². The summed E-state index contributed by atoms with van der Waals surface area (Å²) in [6.45, 7) is 36.9. The molecule has 3 heterocycles. The van der Waals surface area contributed by atoms with E-state index in [-0.39, 0.29) is 39.2 Å². The molecule has 0 N–H and O–H groups in total. The van der Waals surface area contributed by atoms with Crippen molar-refractivity contribution in [3.8, 4) is 0 Å². The van der Waals surface area contributed by atoms with Gasteiger partial charge >= 0.3 is 0 Å². The maximum Gasteiger partial charge on any atom is 0.252 e. The molecule has 0 saturated heterocycles. The maximum atomic E-state index is 2.77. The third kappa shape index (κ3) is 6.07. The van der Waals surface area contributed by atoms with Crippen molar-refractivity contribution < 1.29 is 0 Å². The molecule has 0 spiro atoms. The Balaban J connectivity index is 1.19. The fourth-order valence-electron chi connectivity index (χ4n) is 14.8. The number of hydrogen-bond donors (Lipinski definition) is 0. The summed E-state index contributed by atoms with van der Waals surface area (Å²) >= 11 is 1.94. The topological polar surface area (TPSA) is 6.48 Å². The van der Waals surface area contributed by atoms with Gasteiger partial charge in [0.05, 0.1) is 5.69 Å². The van der Waals surface area contributed by atoms with Gasteiger partial charge in [0.25, 0.3) is 6.71 Å². The lowest BCUT2D eigenvalue weighted by atomic mass is 9.33. The number of nitrogens with zero attached hydrogens (tertiary/aromatic N) is 2. The first-order valence-electron chi connectivity index (χ1n) is 26.7. The van der Waals surface area contributed by atoms with Gasteiger partial charge < -0.3 is 9.80 Å². The lowest BCUT2D eigenvalue weighted by Gasteiger charge is -2.49. The standard InChI is InChI=1S/C67H71BN2S/c1-38-30-55-60-56(31-38)70(53-36-47-45(33-40(53)3)63(6,7)27-29-65(47,10)11)61-50(24-25-58-59(61)41-20-16-19-23-57(41)71-58)68(60)51-34-48-49(67(14,15)43-22-18-17-21-42(43)66(48,12)13)37-54(51)69(55)52-35-46-44(32-39(52)2)62(4,5)26-28-64(46,8)9/h16-25,30-37H,26-29H2,1-15H3. The van der Waals surface area contributed by atoms with E-state index in [9.17, 15) is 0 Å². The van der Waals surface area contributed by atoms with E-state index in [1.54, 1.807) is 0 Å². The lowest BCUT2D eigenvalue weighted by Crippen LogP contribution is -2.62. The molecule has 3 aliphatic carbocycles. The summed E-state index contributed by atoms with van der Waals surface area (Å²) in [5.74, 6) is 0. The molecule has 0 radical (unpaired) electrons. The largest absolute Gasteiger partial charge is 0.311 e. The monoisotopic (exact) mass is 947 g/mol. The molecular weight excluding hydrogens is 876 g/mol. The summed E-state index contributed by atoms with van der Waals surface area (Å²) in [5, 5.41) is 2.72. The van der Waals surface area contributed by atoms with Gasteiger partial charge in [-0.25, -0.2) is 0 Å². The molecule has 0 bridgehead atoms. The van der Waals surface area contributed by atoms with Crippen LogP contribution in [0.2, 0.25) is 0 Å². The zero-order chi connectivity index (χ0) is 49.9. The predicted molar refractivity (Wildman–Crippen MR) is 309 cm³/mol. The van der Waals surface area contributed by atoms with Gasteiger partial charge in [-0.3, -0.25) is 0 Å². The van der Waals surface area contributed by atoms with Crippen LogP contribution < -0.4 is 26.2 Å². The van der Waals surface area contributed by atoms with Crippen molar-refractivity contribution in [2.45, 2.75) is 162 Å². The molecule has 5 aliphatic rings. The van der Waals surface area contributed by atoms with Crippen LogP contribution >= 0.6 is 11.3 Å². The van der Waals surface area contributed by atoms with Gasteiger partial charge in [0.1, 0.15) is 0 Å². The van der Waals surface area contributed by atoms with Gasteiger partial charge in [0.2, 0.25) is 0 Å². The second-order valence-corrected chi connectivity index (χ2v) is 27.5. The van der Waals surface area contributed by atoms with Crippen LogP contribution in [0.4, 0.5) is 34.1 Å². The Morgan fingerprint density at radius 2 is 0.873 bits per heavy atom. The average molecular weight is 947 g/mol. The second kappa shape index (κ2) is 14.3. The van der Waals surface area contributed by atoms with Crippen LogP contribution in [-0.2, 0) is 32.5 Å². The number of hydrogen-bond acceptors (Lipinski definition) is 3. The van der Waals surface area contributed by atoms with E-state index in [4.69, 9.17) is 0 Å². The summed E-state index contributed by atoms with van der Waals surface area (Å²) in [4.78, 5) is 5.52. The minimum absolute atomic E-state index is 0.00385. The van der Waals surface area contributed by atoms with Crippen LogP contribution in [0, 0.1) is 20.8 Å². The van der Waals surface area contributed by atoms with Crippen molar-refractivity contribution in [2.75, 3.05) is 9.80 Å². The first kappa shape index (κ1) is 45.3. The Morgan fingerprint density at radius 3 is 1.44 bits per heavy atom. The van der Waals surface area contributed by atoms with E-state index in [0.29, 0.717) is 0 Å². The van der Waals surface area contributed by atoms with Crippen molar-refractivity contribution >= 4 is 88.7 Å². The molecule has 0 amide bonds. The summed E-state index contributed by atoms with van der Waals surface area (Å²) in [6.07, 6.45) is 4.75. The summed E-state index contributed by atoms with van der Waals surface area (Å²) < 4.78 is 2.69. The fourth-order valence-corrected chi connectivity index (χ4v) is 15.9. The molecular formula is C67H71BN2S. The Morgan fingerprint density at radius 1 is 0.408 bits per heavy atom. The highest BCUT2D eigenvalue weighted by Crippen LogP contribution is 2.57. The minimum atomic E-state index is -0.202. The van der Waals surface area contributed by atoms with Crippen LogP contribution in [0.25, 0.3) is 20.2 Å². The predicted octanol–water partition coefficient (Wildman–Crippen LogP) is 16.7. The van der Waals surface area contributed by atoms with Crippen molar-refractivity contribution in [2.24, 2.45) is 0 Å². The molecule has 2 aliphatic heterocycles. The molecule has 1 aromatic heterocycles.